The molecule has 8 aliphatic rings. The van der Waals surface area contributed by atoms with Crippen molar-refractivity contribution in [1.29, 1.82) is 0 Å². The van der Waals surface area contributed by atoms with Crippen molar-refractivity contribution in [3.05, 3.63) is 142 Å². The summed E-state index contributed by atoms with van der Waals surface area (Å²) in [6.07, 6.45) is 18.2. The maximum atomic E-state index is 15.0. The first-order chi connectivity index (χ1) is 29.3. The standard InChI is InChI=1S/C52H57N3O5/c1-4-31(26-32-10-6-5-7-11-32)27-43-52-24-19-40-45(47(52)50(58)60-43)39-30-36(56)16-17-37(39)34-13-9-14-35(29-34)41(53-2)20-23-51(40)22-18-38-42(59-49(57)46(38)48(51)52)15-8-12-33-21-25-55-44(28-33)54-3/h5-7,9-11,13-17,20,23,27,29-31,33,40-41,44,48,53-56H,4,8,12,18-19,21-22,24-26,28H2,1-3H3/t31-,33-,40+,41-,44-,48-,51-,52-/m0/s1. The lowest BCUT2D eigenvalue weighted by Gasteiger charge is -2.62. The smallest absolute Gasteiger partial charge is 0.340 e. The highest BCUT2D eigenvalue weighted by atomic mass is 16.5. The summed E-state index contributed by atoms with van der Waals surface area (Å²) in [7, 11) is 4.00. The Bertz CT molecular complexity index is 2390. The van der Waals surface area contributed by atoms with Gasteiger partial charge in [-0.1, -0.05) is 73.7 Å². The average Bonchev–Trinajstić information content (AvgIpc) is 3.75. The molecule has 5 aliphatic carbocycles. The number of carbonyl (C=O) groups is 2. The van der Waals surface area contributed by atoms with E-state index in [-0.39, 0.29) is 41.5 Å². The van der Waals surface area contributed by atoms with E-state index in [1.54, 1.807) is 6.07 Å². The fourth-order valence-electron chi connectivity index (χ4n) is 12.6. The van der Waals surface area contributed by atoms with Crippen LogP contribution in [-0.2, 0) is 25.5 Å². The minimum absolute atomic E-state index is 0.0887. The van der Waals surface area contributed by atoms with Crippen molar-refractivity contribution in [2.75, 3.05) is 20.6 Å². The number of likely N-dealkylation sites (N-methyl/N-ethyl adjacent to an activating group) is 1. The Morgan fingerprint density at radius 1 is 0.933 bits per heavy atom. The molecule has 3 aromatic carbocycles. The summed E-state index contributed by atoms with van der Waals surface area (Å²) in [5.41, 5.74) is 7.10. The number of cyclic esters (lactones) is 2. The van der Waals surface area contributed by atoms with E-state index in [1.165, 1.54) is 5.56 Å². The topological polar surface area (TPSA) is 109 Å². The summed E-state index contributed by atoms with van der Waals surface area (Å²) < 4.78 is 13.1. The van der Waals surface area contributed by atoms with Gasteiger partial charge in [-0.3, -0.25) is 0 Å². The molecule has 0 amide bonds. The predicted molar refractivity (Wildman–Crippen MR) is 234 cm³/mol. The van der Waals surface area contributed by atoms with Gasteiger partial charge in [0.2, 0.25) is 0 Å². The summed E-state index contributed by atoms with van der Waals surface area (Å²) in [5.74, 6) is 1.12. The third-order valence-electron chi connectivity index (χ3n) is 15.3. The molecule has 2 saturated heterocycles. The number of ether oxygens (including phenoxy) is 2. The Balaban J connectivity index is 1.19. The number of hydrogen-bond acceptors (Lipinski definition) is 8. The van der Waals surface area contributed by atoms with E-state index < -0.39 is 10.8 Å². The second kappa shape index (κ2) is 15.5. The quantitative estimate of drug-likeness (QED) is 0.125. The van der Waals surface area contributed by atoms with E-state index in [4.69, 9.17) is 9.47 Å². The monoisotopic (exact) mass is 803 g/mol. The Hall–Kier alpha value is -5.02. The van der Waals surface area contributed by atoms with Crippen LogP contribution in [-0.4, -0.2) is 43.9 Å². The molecule has 2 spiro atoms. The number of hydrogen-bond donors (Lipinski definition) is 4. The molecule has 3 heterocycles. The van der Waals surface area contributed by atoms with Crippen molar-refractivity contribution in [1.82, 2.24) is 16.0 Å². The van der Waals surface area contributed by atoms with Gasteiger partial charge in [0.25, 0.3) is 0 Å². The van der Waals surface area contributed by atoms with E-state index in [1.807, 2.05) is 32.3 Å². The highest BCUT2D eigenvalue weighted by molar-refractivity contribution is 6.08. The third-order valence-corrected chi connectivity index (χ3v) is 15.3. The molecule has 1 saturated carbocycles. The molecule has 11 rings (SSSR count). The van der Waals surface area contributed by atoms with Crippen LogP contribution in [0.1, 0.15) is 87.4 Å². The number of carbonyl (C=O) groups excluding carboxylic acids is 2. The fourth-order valence-corrected chi connectivity index (χ4v) is 12.6. The zero-order chi connectivity index (χ0) is 41.2. The van der Waals surface area contributed by atoms with Gasteiger partial charge in [-0.05, 0) is 166 Å². The molecule has 0 radical (unpaired) electrons. The van der Waals surface area contributed by atoms with Crippen molar-refractivity contribution in [2.24, 2.45) is 34.5 Å². The molecule has 8 nitrogen and oxygen atoms in total. The molecular weight excluding hydrogens is 747 g/mol. The van der Waals surface area contributed by atoms with E-state index >= 15 is 4.79 Å². The van der Waals surface area contributed by atoms with E-state index in [9.17, 15) is 9.90 Å². The zero-order valence-electron chi connectivity index (χ0n) is 35.1. The fraction of sp³-hybridized carbons (Fsp3) is 0.423. The first-order valence-electron chi connectivity index (χ1n) is 22.4. The highest BCUT2D eigenvalue weighted by Gasteiger charge is 2.73. The van der Waals surface area contributed by atoms with Crippen molar-refractivity contribution < 1.29 is 24.2 Å². The normalized spacial score (nSPS) is 31.9. The lowest BCUT2D eigenvalue weighted by Crippen LogP contribution is -2.58. The van der Waals surface area contributed by atoms with Gasteiger partial charge in [-0.25, -0.2) is 9.59 Å². The number of phenols is 1. The van der Waals surface area contributed by atoms with Gasteiger partial charge in [0.05, 0.1) is 23.2 Å². The molecule has 0 aromatic heterocycles. The second-order valence-corrected chi connectivity index (χ2v) is 18.3. The van der Waals surface area contributed by atoms with Crippen molar-refractivity contribution >= 4 is 17.5 Å². The molecule has 3 aliphatic heterocycles. The number of rotatable bonds is 9. The zero-order valence-corrected chi connectivity index (χ0v) is 35.1. The minimum atomic E-state index is -0.910. The number of piperidine rings is 1. The maximum Gasteiger partial charge on any atom is 0.340 e. The number of phenolic OH excluding ortho intramolecular Hbond substituents is 1. The van der Waals surface area contributed by atoms with Gasteiger partial charge in [-0.15, -0.1) is 0 Å². The highest BCUT2D eigenvalue weighted by Crippen LogP contribution is 2.76. The van der Waals surface area contributed by atoms with Crippen molar-refractivity contribution in [3.8, 4) is 16.9 Å². The van der Waals surface area contributed by atoms with Crippen LogP contribution < -0.4 is 16.0 Å². The molecule has 3 aromatic rings. The van der Waals surface area contributed by atoms with Gasteiger partial charge < -0.3 is 30.5 Å². The first kappa shape index (κ1) is 39.1. The number of aromatic hydroxyl groups is 1. The lowest BCUT2D eigenvalue weighted by atomic mass is 9.38. The van der Waals surface area contributed by atoms with Gasteiger partial charge in [-0.2, -0.15) is 0 Å². The van der Waals surface area contributed by atoms with E-state index in [0.717, 1.165) is 96.9 Å². The van der Waals surface area contributed by atoms with Crippen LogP contribution in [0.2, 0.25) is 0 Å². The molecule has 0 unspecified atom stereocenters. The van der Waals surface area contributed by atoms with Gasteiger partial charge in [0, 0.05) is 22.5 Å². The summed E-state index contributed by atoms with van der Waals surface area (Å²) in [6, 6.07) is 24.6. The maximum absolute atomic E-state index is 15.0. The molecule has 8 atom stereocenters. The van der Waals surface area contributed by atoms with Crippen molar-refractivity contribution in [2.45, 2.75) is 83.3 Å². The second-order valence-electron chi connectivity index (χ2n) is 18.3. The molecule has 310 valence electrons. The molecule has 3 fully saturated rings. The SMILES string of the molecule is CC[C@H](C=C1OC(=O)C2=C3c4cc(O)ccc4-c4cccc(c4)[C@@H](NC)C=C[C@]45CCC6=C(C(=O)OC6=CCC[C@H]6CCN[C@H](NC)C6)[C@@H]4[C@@]12CC[C@H]35)Cc1ccccc1. The van der Waals surface area contributed by atoms with Crippen LogP contribution in [0, 0.1) is 34.5 Å². The summed E-state index contributed by atoms with van der Waals surface area (Å²) in [5, 5.41) is 21.8. The third kappa shape index (κ3) is 6.20. The molecule has 6 bridgehead atoms. The summed E-state index contributed by atoms with van der Waals surface area (Å²) in [4.78, 5) is 29.8. The molecule has 4 N–H and O–H groups in total. The Labute approximate surface area is 353 Å². The van der Waals surface area contributed by atoms with Crippen LogP contribution in [0.5, 0.6) is 5.75 Å². The largest absolute Gasteiger partial charge is 0.508 e. The van der Waals surface area contributed by atoms with E-state index in [2.05, 4.69) is 95.7 Å². The number of nitrogens with one attached hydrogen (secondary N) is 3. The Morgan fingerprint density at radius 3 is 2.62 bits per heavy atom. The van der Waals surface area contributed by atoms with Crippen LogP contribution in [0.15, 0.2) is 125 Å². The number of fused-ring (bicyclic) bond motifs is 5. The van der Waals surface area contributed by atoms with Crippen LogP contribution in [0.4, 0.5) is 0 Å². The minimum Gasteiger partial charge on any atom is -0.508 e. The number of allylic oxidation sites excluding steroid dienone is 6. The molecule has 8 heteroatoms. The Kier molecular flexibility index (Phi) is 10.1. The van der Waals surface area contributed by atoms with Gasteiger partial charge >= 0.3 is 11.9 Å². The number of benzene rings is 3. The number of esters is 2. The van der Waals surface area contributed by atoms with Gasteiger partial charge in [0.1, 0.15) is 17.3 Å². The summed E-state index contributed by atoms with van der Waals surface area (Å²) in [6.45, 7) is 3.20. The van der Waals surface area contributed by atoms with Crippen LogP contribution in [0.3, 0.4) is 0 Å². The lowest BCUT2D eigenvalue weighted by molar-refractivity contribution is -0.135. The van der Waals surface area contributed by atoms with Crippen LogP contribution in [0.25, 0.3) is 16.7 Å². The summed E-state index contributed by atoms with van der Waals surface area (Å²) >= 11 is 0. The Morgan fingerprint density at radius 2 is 1.80 bits per heavy atom. The van der Waals surface area contributed by atoms with Gasteiger partial charge in [0.15, 0.2) is 0 Å². The first-order valence-corrected chi connectivity index (χ1v) is 22.4. The van der Waals surface area contributed by atoms with Crippen LogP contribution >= 0.6 is 0 Å². The predicted octanol–water partition coefficient (Wildman–Crippen LogP) is 9.22. The van der Waals surface area contributed by atoms with E-state index in [0.29, 0.717) is 42.0 Å². The molecule has 60 heavy (non-hydrogen) atoms. The molecular formula is C52H57N3O5. The van der Waals surface area contributed by atoms with Crippen molar-refractivity contribution in [3.63, 3.8) is 0 Å². The average molecular weight is 804 g/mol.